The number of hydrogen-bond donors (Lipinski definition) is 17. The van der Waals surface area contributed by atoms with Crippen LogP contribution in [0.15, 0.2) is 0 Å². The van der Waals surface area contributed by atoms with Gasteiger partial charge in [0.1, 0.15) is 24.2 Å². The van der Waals surface area contributed by atoms with E-state index >= 15 is 0 Å². The van der Waals surface area contributed by atoms with Gasteiger partial charge in [0.2, 0.25) is 29.5 Å². The van der Waals surface area contributed by atoms with Gasteiger partial charge in [0, 0.05) is 144 Å². The Balaban J connectivity index is 2.02. The molecule has 2 aliphatic rings. The van der Waals surface area contributed by atoms with Crippen molar-refractivity contribution in [1.82, 2.24) is 76.4 Å². The van der Waals surface area contributed by atoms with Gasteiger partial charge in [-0.05, 0) is 70.6 Å². The minimum Gasteiger partial charge on any atom is -0.481 e. The molecule has 0 aromatic heterocycles. The Morgan fingerprint density at radius 2 is 0.495 bits per heavy atom. The van der Waals surface area contributed by atoms with E-state index in [9.17, 15) is 123 Å². The van der Waals surface area contributed by atoms with Crippen LogP contribution in [0.25, 0.3) is 0 Å². The van der Waals surface area contributed by atoms with Crippen molar-refractivity contribution in [3.63, 3.8) is 0 Å². The summed E-state index contributed by atoms with van der Waals surface area (Å²) in [5.41, 5.74) is 0. The van der Waals surface area contributed by atoms with Crippen LogP contribution in [-0.2, 0) is 71.9 Å². The number of unbranched alkanes of at least 4 members (excludes halogenated alkanes) is 8. The maximum Gasteiger partial charge on any atom is 0.326 e. The van der Waals surface area contributed by atoms with Crippen molar-refractivity contribution >= 4 is 95.3 Å². The molecule has 0 spiro atoms. The summed E-state index contributed by atoms with van der Waals surface area (Å²) >= 11 is 0. The van der Waals surface area contributed by atoms with Crippen molar-refractivity contribution in [3.05, 3.63) is 0 Å². The number of nitrogens with zero attached hydrogens (tertiary/aromatic N) is 8. The lowest BCUT2D eigenvalue weighted by atomic mass is 10.1. The molecule has 4 atom stereocenters. The van der Waals surface area contributed by atoms with Gasteiger partial charge < -0.3 is 88.3 Å². The maximum atomic E-state index is 14.0. The first-order chi connectivity index (χ1) is 50.8. The van der Waals surface area contributed by atoms with Crippen LogP contribution in [-0.4, -0.2) is 386 Å². The first kappa shape index (κ1) is 94.1. The van der Waals surface area contributed by atoms with Crippen LogP contribution in [0.4, 0.5) is 4.79 Å². The number of carboxylic acids is 10. The van der Waals surface area contributed by atoms with Crippen molar-refractivity contribution in [1.29, 1.82) is 0 Å². The fourth-order valence-corrected chi connectivity index (χ4v) is 11.8. The summed E-state index contributed by atoms with van der Waals surface area (Å²) < 4.78 is 0. The third-order valence-corrected chi connectivity index (χ3v) is 17.6. The molecule has 608 valence electrons. The first-order valence-electron chi connectivity index (χ1n) is 36.2. The number of carbonyl (C=O) groups is 16. The van der Waals surface area contributed by atoms with E-state index in [2.05, 4.69) is 31.9 Å². The molecular weight excluding hydrogens is 1420 g/mol. The van der Waals surface area contributed by atoms with Crippen LogP contribution >= 0.6 is 0 Å². The summed E-state index contributed by atoms with van der Waals surface area (Å²) in [5.74, 6) is -14.3. The van der Waals surface area contributed by atoms with E-state index in [4.69, 9.17) is 5.11 Å². The Kier molecular flexibility index (Phi) is 48.0. The Labute approximate surface area is 620 Å². The molecule has 2 unspecified atom stereocenters. The molecule has 107 heavy (non-hydrogen) atoms. The second kappa shape index (κ2) is 54.6. The molecule has 17 N–H and O–H groups in total. The number of carboxylic acid groups (broad SMARTS) is 10. The lowest BCUT2D eigenvalue weighted by Gasteiger charge is -2.33. The molecule has 0 bridgehead atoms. The van der Waals surface area contributed by atoms with Gasteiger partial charge in [-0.2, -0.15) is 0 Å². The van der Waals surface area contributed by atoms with Gasteiger partial charge in [-0.15, -0.1) is 0 Å². The predicted octanol–water partition coefficient (Wildman–Crippen LogP) is -3.96. The Bertz CT molecular complexity index is 2800. The van der Waals surface area contributed by atoms with E-state index in [1.165, 1.54) is 0 Å². The average Bonchev–Trinajstić information content (AvgIpc) is 0.897. The van der Waals surface area contributed by atoms with Gasteiger partial charge in [-0.1, -0.05) is 32.1 Å². The smallest absolute Gasteiger partial charge is 0.326 e. The van der Waals surface area contributed by atoms with Crippen LogP contribution in [0.2, 0.25) is 0 Å². The highest BCUT2D eigenvalue weighted by Gasteiger charge is 2.29. The number of aliphatic carboxylic acids is 10. The Morgan fingerprint density at radius 1 is 0.234 bits per heavy atom. The molecule has 0 aromatic rings. The van der Waals surface area contributed by atoms with Crippen molar-refractivity contribution < 1.29 is 128 Å². The van der Waals surface area contributed by atoms with Crippen LogP contribution in [0.5, 0.6) is 0 Å². The van der Waals surface area contributed by atoms with E-state index < -0.39 is 126 Å². The molecule has 41 nitrogen and oxygen atoms in total. The number of urea groups is 1. The number of amides is 7. The Hall–Kier alpha value is -9.00. The van der Waals surface area contributed by atoms with Gasteiger partial charge in [-0.25, -0.2) is 19.2 Å². The Morgan fingerprint density at radius 3 is 0.850 bits per heavy atom. The topological polar surface area (TPSA) is 586 Å². The largest absolute Gasteiger partial charge is 0.481 e. The highest BCUT2D eigenvalue weighted by Crippen LogP contribution is 2.12. The molecule has 2 rings (SSSR count). The molecule has 2 saturated heterocycles. The fraction of sp³-hybridized carbons (Fsp3) is 0.758. The van der Waals surface area contributed by atoms with E-state index in [1.54, 1.807) is 39.2 Å². The summed E-state index contributed by atoms with van der Waals surface area (Å²) in [5, 5.41) is 113. The normalized spacial score (nSPS) is 16.7. The molecule has 2 fully saturated rings. The van der Waals surface area contributed by atoms with Crippen molar-refractivity contribution in [2.75, 3.05) is 177 Å². The zero-order valence-corrected chi connectivity index (χ0v) is 60.9. The van der Waals surface area contributed by atoms with Gasteiger partial charge >= 0.3 is 65.7 Å². The minimum absolute atomic E-state index is 0.0431. The average molecular weight is 1530 g/mol. The number of hydrogen-bond acceptors (Lipinski definition) is 24. The fourth-order valence-electron chi connectivity index (χ4n) is 11.8. The molecule has 0 aliphatic carbocycles. The zero-order chi connectivity index (χ0) is 79.6. The van der Waals surface area contributed by atoms with E-state index in [-0.39, 0.29) is 221 Å². The summed E-state index contributed by atoms with van der Waals surface area (Å²) in [6.07, 6.45) is 4.69. The molecule has 2 heterocycles. The van der Waals surface area contributed by atoms with Gasteiger partial charge in [0.05, 0.1) is 52.4 Å². The molecular formula is C66H113N15O26. The second-order valence-corrected chi connectivity index (χ2v) is 26.6. The number of carbonyl (C=O) groups excluding carboxylic acids is 6. The number of nitrogens with one attached hydrogen (secondary N) is 7. The van der Waals surface area contributed by atoms with Crippen LogP contribution in [0, 0.1) is 0 Å². The van der Waals surface area contributed by atoms with Crippen LogP contribution < -0.4 is 37.2 Å². The van der Waals surface area contributed by atoms with Crippen LogP contribution in [0.3, 0.4) is 0 Å². The highest BCUT2D eigenvalue weighted by atomic mass is 16.4. The van der Waals surface area contributed by atoms with Crippen molar-refractivity contribution in [3.8, 4) is 0 Å². The molecule has 41 heteroatoms. The van der Waals surface area contributed by atoms with Gasteiger partial charge in [0.15, 0.2) is 0 Å². The zero-order valence-electron chi connectivity index (χ0n) is 60.9. The SMILES string of the molecule is O=C(O)CC[C@H](NC(=O)N[C@@H](CCCCNC(=O)CCCCCCC(=O)NC(CCCCCCNC(=O)C(CCCCNC(=O)CN1CCN(CC(=O)O)CCN(CC(=O)O)CCN(CC(=O)O)CC1)NC(=O)CN1CCN(CC(=O)O)CCN(CC(=O)O)CCN(CC(=O)O)CC1)C(=O)O)C(=O)O)C(=O)O. The van der Waals surface area contributed by atoms with Crippen molar-refractivity contribution in [2.24, 2.45) is 0 Å². The molecule has 0 aromatic carbocycles. The third-order valence-electron chi connectivity index (χ3n) is 17.6. The second-order valence-electron chi connectivity index (χ2n) is 26.6. The quantitative estimate of drug-likeness (QED) is 0.0258. The monoisotopic (exact) mass is 1530 g/mol. The summed E-state index contributed by atoms with van der Waals surface area (Å²) in [6, 6.07) is -6.30. The lowest BCUT2D eigenvalue weighted by molar-refractivity contribution is -0.142. The molecule has 0 radical (unpaired) electrons. The summed E-state index contributed by atoms with van der Waals surface area (Å²) in [6.45, 7) is 0.574. The van der Waals surface area contributed by atoms with Crippen LogP contribution in [0.1, 0.15) is 122 Å². The molecule has 7 amide bonds. The minimum atomic E-state index is -1.55. The lowest BCUT2D eigenvalue weighted by Crippen LogP contribution is -2.52. The maximum absolute atomic E-state index is 14.0. The molecule has 0 saturated carbocycles. The van der Waals surface area contributed by atoms with E-state index in [0.717, 1.165) is 0 Å². The predicted molar refractivity (Wildman–Crippen MR) is 378 cm³/mol. The van der Waals surface area contributed by atoms with Gasteiger partial charge in [0.25, 0.3) is 0 Å². The first-order valence-corrected chi connectivity index (χ1v) is 36.2. The standard InChI is InChI=1S/C66H113N15O26/c82-51(67-20-12-9-15-49(64(103)104)72-66(107)73-50(65(105)106)18-19-55(86)87)16-6-1-2-7-17-52(83)71-48(63(101)102)14-5-3-4-10-22-69-62(100)47(70-54(85)40-75-25-29-78(43-58(92)93)33-37-81(46-61(98)99)38-34-79(30-26-75)44-59(94)95)13-8-11-21-68-53(84)39-74-23-27-76(41-56(88)89)31-35-80(45-60(96)97)36-32-77(28-24-74)42-57(90)91/h47-50H,1-46H2,(H,67,82)(H,68,84)(H,69,100)(H,70,85)(H,71,83)(H,86,87)(H,88,89)(H,90,91)(H,92,93)(H,94,95)(H,96,97)(H,98,99)(H,101,102)(H,103,104)(H,105,106)(H2,72,73,107)/t47?,48?,49-,50-/m0/s1. The molecule has 2 aliphatic heterocycles. The van der Waals surface area contributed by atoms with E-state index in [1.807, 2.05) is 5.32 Å². The number of rotatable bonds is 51. The van der Waals surface area contributed by atoms with Crippen molar-refractivity contribution in [2.45, 2.75) is 146 Å². The van der Waals surface area contributed by atoms with Gasteiger partial charge in [-0.3, -0.25) is 96.7 Å². The summed E-state index contributed by atoms with van der Waals surface area (Å²) in [7, 11) is 0. The third kappa shape index (κ3) is 48.0. The van der Waals surface area contributed by atoms with E-state index in [0.29, 0.717) is 70.6 Å². The summed E-state index contributed by atoms with van der Waals surface area (Å²) in [4.78, 5) is 209. The highest BCUT2D eigenvalue weighted by molar-refractivity contribution is 5.89.